The predicted molar refractivity (Wildman–Crippen MR) is 20.0 cm³/mol. The largest absolute Gasteiger partial charge is 0.313 e. The molecular formula is CH5N3O3. The Balaban J connectivity index is 3.13. The molecular weight excluding hydrogens is 102 g/mol. The monoisotopic (exact) mass is 107 g/mol. The lowest BCUT2D eigenvalue weighted by atomic mass is 11.5. The van der Waals surface area contributed by atoms with Crippen LogP contribution in [0, 0.1) is 10.1 Å². The van der Waals surface area contributed by atoms with Gasteiger partial charge in [0.1, 0.15) is 0 Å². The van der Waals surface area contributed by atoms with E-state index in [9.17, 15) is 10.1 Å². The fourth-order valence-electron chi connectivity index (χ4n) is 0.105. The molecule has 0 saturated carbocycles. The summed E-state index contributed by atoms with van der Waals surface area (Å²) in [4.78, 5) is 12.9. The van der Waals surface area contributed by atoms with Crippen LogP contribution in [-0.4, -0.2) is 17.3 Å². The summed E-state index contributed by atoms with van der Waals surface area (Å²) in [6.45, 7) is 0. The van der Waals surface area contributed by atoms with Gasteiger partial charge in [-0.3, -0.25) is 0 Å². The molecule has 0 atom stereocenters. The minimum absolute atomic E-state index is 0.500. The molecule has 0 unspecified atom stereocenters. The van der Waals surface area contributed by atoms with Crippen LogP contribution in [0.2, 0.25) is 0 Å². The average Bonchev–Trinajstić information content (AvgIpc) is 1.27. The molecule has 0 amide bonds. The van der Waals surface area contributed by atoms with Gasteiger partial charge >= 0.3 is 5.09 Å². The zero-order chi connectivity index (χ0) is 5.86. The van der Waals surface area contributed by atoms with Crippen LogP contribution in [0.4, 0.5) is 0 Å². The molecule has 42 valence electrons. The maximum atomic E-state index is 9.27. The highest BCUT2D eigenvalue weighted by molar-refractivity contribution is 3.91. The van der Waals surface area contributed by atoms with Gasteiger partial charge in [-0.05, 0) is 0 Å². The van der Waals surface area contributed by atoms with Crippen molar-refractivity contribution in [3.63, 3.8) is 0 Å². The molecule has 0 fully saturated rings. The summed E-state index contributed by atoms with van der Waals surface area (Å²) in [7, 11) is 1.21. The SMILES string of the molecule is CN(N)O[N+](=O)[O-]. The summed E-state index contributed by atoms with van der Waals surface area (Å²) in [6, 6.07) is 0. The molecule has 6 heteroatoms. The highest BCUT2D eigenvalue weighted by Crippen LogP contribution is 1.70. The Morgan fingerprint density at radius 3 is 2.43 bits per heavy atom. The molecule has 0 bridgehead atoms. The number of hydrazine groups is 1. The van der Waals surface area contributed by atoms with Gasteiger partial charge in [0, 0.05) is 7.05 Å². The van der Waals surface area contributed by atoms with E-state index in [1.165, 1.54) is 7.05 Å². The van der Waals surface area contributed by atoms with Gasteiger partial charge in [-0.15, -0.1) is 10.1 Å². The summed E-state index contributed by atoms with van der Waals surface area (Å²) in [5.41, 5.74) is 0. The van der Waals surface area contributed by atoms with Crippen molar-refractivity contribution in [1.82, 2.24) is 5.17 Å². The number of hydroxylamine groups is 1. The Labute approximate surface area is 39.5 Å². The van der Waals surface area contributed by atoms with E-state index in [4.69, 9.17) is 0 Å². The highest BCUT2D eigenvalue weighted by Gasteiger charge is 1.93. The number of nitrogens with two attached hydrogens (primary N) is 1. The van der Waals surface area contributed by atoms with E-state index in [1.54, 1.807) is 0 Å². The fourth-order valence-corrected chi connectivity index (χ4v) is 0.105. The van der Waals surface area contributed by atoms with Gasteiger partial charge in [0.2, 0.25) is 0 Å². The van der Waals surface area contributed by atoms with Crippen molar-refractivity contribution in [1.29, 1.82) is 0 Å². The lowest BCUT2D eigenvalue weighted by molar-refractivity contribution is -0.809. The summed E-state index contributed by atoms with van der Waals surface area (Å²) < 4.78 is 0. The van der Waals surface area contributed by atoms with Gasteiger partial charge in [0.15, 0.2) is 0 Å². The maximum absolute atomic E-state index is 9.27. The highest BCUT2D eigenvalue weighted by atomic mass is 17.0. The standard InChI is InChI=1S/CH5N3O3/c1-3(2)7-4(5)6/h2H2,1H3. The molecule has 2 N–H and O–H groups in total. The second-order valence-corrected chi connectivity index (χ2v) is 0.851. The molecule has 0 saturated heterocycles. The molecule has 0 spiro atoms. The van der Waals surface area contributed by atoms with Crippen molar-refractivity contribution in [2.75, 3.05) is 7.05 Å². The van der Waals surface area contributed by atoms with Gasteiger partial charge in [0.05, 0.1) is 0 Å². The van der Waals surface area contributed by atoms with E-state index in [0.29, 0.717) is 5.17 Å². The Kier molecular flexibility index (Phi) is 2.03. The molecule has 0 aliphatic heterocycles. The van der Waals surface area contributed by atoms with E-state index in [0.717, 1.165) is 0 Å². The second-order valence-electron chi connectivity index (χ2n) is 0.851. The number of nitrogens with zero attached hydrogens (tertiary/aromatic N) is 2. The average molecular weight is 107 g/mol. The van der Waals surface area contributed by atoms with Crippen molar-refractivity contribution in [3.05, 3.63) is 10.1 Å². The molecule has 6 nitrogen and oxygen atoms in total. The minimum atomic E-state index is -1.00. The topological polar surface area (TPSA) is 81.6 Å². The third-order valence-electron chi connectivity index (χ3n) is 0.195. The van der Waals surface area contributed by atoms with Crippen LogP contribution < -0.4 is 5.84 Å². The number of hydrogen-bond donors (Lipinski definition) is 1. The molecule has 0 heterocycles. The van der Waals surface area contributed by atoms with Crippen molar-refractivity contribution in [3.8, 4) is 0 Å². The van der Waals surface area contributed by atoms with E-state index in [-0.39, 0.29) is 0 Å². The molecule has 0 aromatic carbocycles. The first-order chi connectivity index (χ1) is 3.13. The summed E-state index contributed by atoms with van der Waals surface area (Å²) in [5.74, 6) is 4.66. The molecule has 0 aliphatic carbocycles. The molecule has 0 aromatic rings. The Bertz CT molecular complexity index is 70.6. The molecule has 7 heavy (non-hydrogen) atoms. The predicted octanol–water partition coefficient (Wildman–Crippen LogP) is -1.08. The van der Waals surface area contributed by atoms with Crippen LogP contribution in [-0.2, 0) is 4.94 Å². The third-order valence-corrected chi connectivity index (χ3v) is 0.195. The van der Waals surface area contributed by atoms with Crippen LogP contribution in [0.25, 0.3) is 0 Å². The van der Waals surface area contributed by atoms with Gasteiger partial charge in [0.25, 0.3) is 0 Å². The lowest BCUT2D eigenvalue weighted by Crippen LogP contribution is -2.28. The first kappa shape index (κ1) is 6.12. The third kappa shape index (κ3) is 5.12. The van der Waals surface area contributed by atoms with E-state index >= 15 is 0 Å². The Morgan fingerprint density at radius 2 is 2.43 bits per heavy atom. The Hall–Kier alpha value is -0.880. The molecule has 0 aromatic heterocycles. The summed E-state index contributed by atoms with van der Waals surface area (Å²) in [6.07, 6.45) is 0. The molecule has 0 aliphatic rings. The smallest absolute Gasteiger partial charge is 0.246 e. The molecule has 0 rings (SSSR count). The summed E-state index contributed by atoms with van der Waals surface area (Å²) in [5, 5.41) is 8.77. The van der Waals surface area contributed by atoms with Gasteiger partial charge in [-0.1, -0.05) is 5.17 Å². The number of rotatable bonds is 2. The zero-order valence-corrected chi connectivity index (χ0v) is 3.70. The summed E-state index contributed by atoms with van der Waals surface area (Å²) >= 11 is 0. The molecule has 0 radical (unpaired) electrons. The van der Waals surface area contributed by atoms with Crippen molar-refractivity contribution < 1.29 is 10.0 Å². The van der Waals surface area contributed by atoms with E-state index in [2.05, 4.69) is 10.8 Å². The fraction of sp³-hybridized carbons (Fsp3) is 1.00. The van der Waals surface area contributed by atoms with Crippen LogP contribution in [0.5, 0.6) is 0 Å². The van der Waals surface area contributed by atoms with Crippen LogP contribution in [0.15, 0.2) is 0 Å². The van der Waals surface area contributed by atoms with Crippen LogP contribution >= 0.6 is 0 Å². The lowest BCUT2D eigenvalue weighted by Gasteiger charge is -2.01. The van der Waals surface area contributed by atoms with Crippen LogP contribution in [0.1, 0.15) is 0 Å². The quantitative estimate of drug-likeness (QED) is 0.275. The van der Waals surface area contributed by atoms with E-state index < -0.39 is 5.09 Å². The van der Waals surface area contributed by atoms with E-state index in [1.807, 2.05) is 0 Å². The van der Waals surface area contributed by atoms with Gasteiger partial charge < -0.3 is 0 Å². The second kappa shape index (κ2) is 2.32. The minimum Gasteiger partial charge on any atom is -0.246 e. The first-order valence-electron chi connectivity index (χ1n) is 1.44. The number of hydrogen-bond acceptors (Lipinski definition) is 5. The normalized spacial score (nSPS) is 9.00. The maximum Gasteiger partial charge on any atom is 0.313 e. The van der Waals surface area contributed by atoms with Gasteiger partial charge in [-0.25, -0.2) is 10.8 Å². The van der Waals surface area contributed by atoms with Crippen molar-refractivity contribution >= 4 is 0 Å². The van der Waals surface area contributed by atoms with Crippen molar-refractivity contribution in [2.45, 2.75) is 0 Å². The first-order valence-corrected chi connectivity index (χ1v) is 1.44. The van der Waals surface area contributed by atoms with Crippen molar-refractivity contribution in [2.24, 2.45) is 5.84 Å². The zero-order valence-electron chi connectivity index (χ0n) is 3.70. The van der Waals surface area contributed by atoms with Gasteiger partial charge in [-0.2, -0.15) is 0 Å². The Morgan fingerprint density at radius 1 is 2.00 bits per heavy atom. The van der Waals surface area contributed by atoms with Crippen LogP contribution in [0.3, 0.4) is 0 Å².